The van der Waals surface area contributed by atoms with E-state index in [0.717, 1.165) is 13.0 Å². The van der Waals surface area contributed by atoms with Crippen LogP contribution in [0, 0.1) is 0 Å². The molecular weight excluding hydrogens is 244 g/mol. The Balaban J connectivity index is 1.96. The van der Waals surface area contributed by atoms with Crippen molar-refractivity contribution in [2.45, 2.75) is 25.9 Å². The molecule has 0 aliphatic heterocycles. The molecule has 3 rings (SSSR count). The molecule has 3 aromatic rings. The molecule has 2 aromatic carbocycles. The zero-order valence-electron chi connectivity index (χ0n) is 11.8. The van der Waals surface area contributed by atoms with Crippen LogP contribution in [0.3, 0.4) is 0 Å². The summed E-state index contributed by atoms with van der Waals surface area (Å²) >= 11 is 0. The predicted octanol–water partition coefficient (Wildman–Crippen LogP) is 3.58. The minimum atomic E-state index is 0.191. The summed E-state index contributed by atoms with van der Waals surface area (Å²) in [7, 11) is 0. The van der Waals surface area contributed by atoms with Crippen molar-refractivity contribution in [2.75, 3.05) is 0 Å². The molecule has 0 spiro atoms. The number of hydrogen-bond acceptors (Lipinski definition) is 1. The summed E-state index contributed by atoms with van der Waals surface area (Å²) in [6.45, 7) is 2.95. The lowest BCUT2D eigenvalue weighted by atomic mass is 10.0. The predicted molar refractivity (Wildman–Crippen MR) is 84.8 cm³/mol. The van der Waals surface area contributed by atoms with Crippen molar-refractivity contribution in [3.05, 3.63) is 72.1 Å². The SMILES string of the molecule is CC(N)Cc1cccn1Cc1cccc2ccccc12. The summed E-state index contributed by atoms with van der Waals surface area (Å²) in [5, 5.41) is 2.63. The molecule has 0 saturated heterocycles. The summed E-state index contributed by atoms with van der Waals surface area (Å²) in [6, 6.07) is 19.5. The molecule has 0 aliphatic rings. The van der Waals surface area contributed by atoms with Gasteiger partial charge in [0, 0.05) is 30.9 Å². The summed E-state index contributed by atoms with van der Waals surface area (Å²) < 4.78 is 2.30. The van der Waals surface area contributed by atoms with E-state index in [9.17, 15) is 0 Å². The standard InChI is InChI=1S/C18H20N2/c1-14(19)12-17-9-5-11-20(17)13-16-8-4-7-15-6-2-3-10-18(15)16/h2-11,14H,12-13,19H2,1H3. The molecule has 102 valence electrons. The summed E-state index contributed by atoms with van der Waals surface area (Å²) in [4.78, 5) is 0. The molecule has 1 atom stereocenters. The first-order valence-corrected chi connectivity index (χ1v) is 7.10. The number of aromatic nitrogens is 1. The molecule has 2 nitrogen and oxygen atoms in total. The van der Waals surface area contributed by atoms with Gasteiger partial charge in [-0.15, -0.1) is 0 Å². The number of rotatable bonds is 4. The molecule has 2 N–H and O–H groups in total. The van der Waals surface area contributed by atoms with Crippen molar-refractivity contribution in [1.29, 1.82) is 0 Å². The number of fused-ring (bicyclic) bond motifs is 1. The van der Waals surface area contributed by atoms with Gasteiger partial charge in [-0.3, -0.25) is 0 Å². The van der Waals surface area contributed by atoms with Gasteiger partial charge in [0.05, 0.1) is 0 Å². The van der Waals surface area contributed by atoms with Gasteiger partial charge in [0.2, 0.25) is 0 Å². The average Bonchev–Trinajstić information content (AvgIpc) is 2.86. The Kier molecular flexibility index (Phi) is 3.57. The molecule has 0 radical (unpaired) electrons. The van der Waals surface area contributed by atoms with Crippen LogP contribution in [0.1, 0.15) is 18.2 Å². The lowest BCUT2D eigenvalue weighted by Crippen LogP contribution is -2.20. The van der Waals surface area contributed by atoms with Gasteiger partial charge in [-0.1, -0.05) is 42.5 Å². The maximum Gasteiger partial charge on any atom is 0.0479 e. The Hall–Kier alpha value is -2.06. The monoisotopic (exact) mass is 264 g/mol. The van der Waals surface area contributed by atoms with Crippen molar-refractivity contribution < 1.29 is 0 Å². The van der Waals surface area contributed by atoms with Gasteiger partial charge in [-0.2, -0.15) is 0 Å². The van der Waals surface area contributed by atoms with Crippen molar-refractivity contribution in [1.82, 2.24) is 4.57 Å². The van der Waals surface area contributed by atoms with Crippen LogP contribution in [0.4, 0.5) is 0 Å². The van der Waals surface area contributed by atoms with Crippen LogP contribution in [0.25, 0.3) is 10.8 Å². The molecule has 0 aliphatic carbocycles. The van der Waals surface area contributed by atoms with Gasteiger partial charge in [0.25, 0.3) is 0 Å². The maximum absolute atomic E-state index is 5.92. The Labute approximate surface area is 119 Å². The van der Waals surface area contributed by atoms with Gasteiger partial charge in [-0.25, -0.2) is 0 Å². The Morgan fingerprint density at radius 1 is 1.00 bits per heavy atom. The fourth-order valence-corrected chi connectivity index (χ4v) is 2.73. The second kappa shape index (κ2) is 5.51. The van der Waals surface area contributed by atoms with E-state index in [1.54, 1.807) is 0 Å². The molecule has 20 heavy (non-hydrogen) atoms. The zero-order chi connectivity index (χ0) is 13.9. The third kappa shape index (κ3) is 2.61. The van der Waals surface area contributed by atoms with Gasteiger partial charge >= 0.3 is 0 Å². The largest absolute Gasteiger partial charge is 0.347 e. The highest BCUT2D eigenvalue weighted by molar-refractivity contribution is 5.85. The number of benzene rings is 2. The first kappa shape index (κ1) is 12.9. The van der Waals surface area contributed by atoms with Gasteiger partial charge in [-0.05, 0) is 35.4 Å². The molecule has 1 aromatic heterocycles. The van der Waals surface area contributed by atoms with Crippen LogP contribution < -0.4 is 5.73 Å². The van der Waals surface area contributed by atoms with Gasteiger partial charge in [0.1, 0.15) is 0 Å². The molecule has 1 heterocycles. The third-order valence-electron chi connectivity index (χ3n) is 3.68. The minimum Gasteiger partial charge on any atom is -0.347 e. The smallest absolute Gasteiger partial charge is 0.0479 e. The second-order valence-electron chi connectivity index (χ2n) is 5.45. The van der Waals surface area contributed by atoms with E-state index in [-0.39, 0.29) is 6.04 Å². The van der Waals surface area contributed by atoms with E-state index in [1.165, 1.54) is 22.0 Å². The normalized spacial score (nSPS) is 12.7. The number of nitrogens with zero attached hydrogens (tertiary/aromatic N) is 1. The molecule has 0 saturated carbocycles. The molecule has 0 bridgehead atoms. The maximum atomic E-state index is 5.92. The number of nitrogens with two attached hydrogens (primary N) is 1. The van der Waals surface area contributed by atoms with Crippen LogP contribution in [0.5, 0.6) is 0 Å². The Morgan fingerprint density at radius 2 is 1.80 bits per heavy atom. The fraction of sp³-hybridized carbons (Fsp3) is 0.222. The van der Waals surface area contributed by atoms with Crippen LogP contribution in [0.15, 0.2) is 60.8 Å². The Morgan fingerprint density at radius 3 is 2.65 bits per heavy atom. The minimum absolute atomic E-state index is 0.191. The highest BCUT2D eigenvalue weighted by atomic mass is 15.0. The topological polar surface area (TPSA) is 30.9 Å². The second-order valence-corrected chi connectivity index (χ2v) is 5.45. The molecule has 2 heteroatoms. The summed E-state index contributed by atoms with van der Waals surface area (Å²) in [5.74, 6) is 0. The highest BCUT2D eigenvalue weighted by Gasteiger charge is 2.06. The van der Waals surface area contributed by atoms with Crippen LogP contribution in [0.2, 0.25) is 0 Å². The van der Waals surface area contributed by atoms with Crippen LogP contribution >= 0.6 is 0 Å². The van der Waals surface area contributed by atoms with E-state index in [2.05, 4.69) is 72.3 Å². The first-order chi connectivity index (χ1) is 9.74. The Bertz CT molecular complexity index is 705. The van der Waals surface area contributed by atoms with Gasteiger partial charge in [0.15, 0.2) is 0 Å². The lowest BCUT2D eigenvalue weighted by molar-refractivity contribution is 0.667. The number of hydrogen-bond donors (Lipinski definition) is 1. The van der Waals surface area contributed by atoms with Gasteiger partial charge < -0.3 is 10.3 Å². The van der Waals surface area contributed by atoms with Crippen molar-refractivity contribution >= 4 is 10.8 Å². The quantitative estimate of drug-likeness (QED) is 0.767. The first-order valence-electron chi connectivity index (χ1n) is 7.10. The van der Waals surface area contributed by atoms with Crippen molar-refractivity contribution in [2.24, 2.45) is 5.73 Å². The summed E-state index contributed by atoms with van der Waals surface area (Å²) in [6.07, 6.45) is 3.05. The fourth-order valence-electron chi connectivity index (χ4n) is 2.73. The lowest BCUT2D eigenvalue weighted by Gasteiger charge is -2.13. The van der Waals surface area contributed by atoms with E-state index < -0.39 is 0 Å². The third-order valence-corrected chi connectivity index (χ3v) is 3.68. The van der Waals surface area contributed by atoms with E-state index in [1.807, 2.05) is 0 Å². The van der Waals surface area contributed by atoms with Crippen molar-refractivity contribution in [3.63, 3.8) is 0 Å². The van der Waals surface area contributed by atoms with E-state index in [0.29, 0.717) is 0 Å². The van der Waals surface area contributed by atoms with E-state index in [4.69, 9.17) is 5.73 Å². The molecular formula is C18H20N2. The highest BCUT2D eigenvalue weighted by Crippen LogP contribution is 2.20. The van der Waals surface area contributed by atoms with Crippen LogP contribution in [-0.4, -0.2) is 10.6 Å². The van der Waals surface area contributed by atoms with E-state index >= 15 is 0 Å². The van der Waals surface area contributed by atoms with Crippen molar-refractivity contribution in [3.8, 4) is 0 Å². The average molecular weight is 264 g/mol. The summed E-state index contributed by atoms with van der Waals surface area (Å²) in [5.41, 5.74) is 8.57. The zero-order valence-corrected chi connectivity index (χ0v) is 11.8. The molecule has 1 unspecified atom stereocenters. The molecule has 0 fully saturated rings. The molecule has 0 amide bonds. The van der Waals surface area contributed by atoms with Crippen LogP contribution in [-0.2, 0) is 13.0 Å².